The van der Waals surface area contributed by atoms with Crippen molar-refractivity contribution in [2.45, 2.75) is 12.1 Å². The summed E-state index contributed by atoms with van der Waals surface area (Å²) in [5, 5.41) is 25.9. The van der Waals surface area contributed by atoms with Gasteiger partial charge in [0.25, 0.3) is 5.69 Å². The van der Waals surface area contributed by atoms with Crippen molar-refractivity contribution in [1.82, 2.24) is 10.2 Å². The van der Waals surface area contributed by atoms with E-state index < -0.39 is 11.0 Å². The van der Waals surface area contributed by atoms with Crippen LogP contribution in [0.15, 0.2) is 24.3 Å². The van der Waals surface area contributed by atoms with E-state index in [9.17, 15) is 20.0 Å². The summed E-state index contributed by atoms with van der Waals surface area (Å²) in [6.45, 7) is 0.991. The zero-order chi connectivity index (χ0) is 14.7. The number of carbonyl (C=O) groups excluding carboxylic acids is 1. The third-order valence-electron chi connectivity index (χ3n) is 3.30. The van der Waals surface area contributed by atoms with Crippen LogP contribution in [-0.4, -0.2) is 53.2 Å². The second-order valence-corrected chi connectivity index (χ2v) is 4.64. The van der Waals surface area contributed by atoms with E-state index in [1.165, 1.54) is 29.2 Å². The van der Waals surface area contributed by atoms with Crippen molar-refractivity contribution in [2.75, 3.05) is 25.5 Å². The molecule has 0 spiro atoms. The van der Waals surface area contributed by atoms with Crippen molar-refractivity contribution < 1.29 is 14.8 Å². The molecule has 0 aliphatic carbocycles. The molecule has 1 aromatic rings. The van der Waals surface area contributed by atoms with E-state index in [1.807, 2.05) is 0 Å². The largest absolute Gasteiger partial charge is 0.390 e. The normalized spacial score (nSPS) is 21.5. The molecule has 1 heterocycles. The summed E-state index contributed by atoms with van der Waals surface area (Å²) in [4.78, 5) is 23.5. The van der Waals surface area contributed by atoms with E-state index in [-0.39, 0.29) is 17.8 Å². The molecule has 8 heteroatoms. The maximum atomic E-state index is 12.0. The first-order valence-corrected chi connectivity index (χ1v) is 6.16. The topological polar surface area (TPSA) is 108 Å². The Morgan fingerprint density at radius 1 is 1.45 bits per heavy atom. The molecule has 108 valence electrons. The number of aliphatic hydroxyl groups is 1. The number of anilines is 1. The van der Waals surface area contributed by atoms with E-state index >= 15 is 0 Å². The molecule has 1 fully saturated rings. The van der Waals surface area contributed by atoms with Crippen LogP contribution in [0.4, 0.5) is 16.2 Å². The van der Waals surface area contributed by atoms with Crippen LogP contribution in [0.2, 0.25) is 0 Å². The smallest absolute Gasteiger partial charge is 0.321 e. The van der Waals surface area contributed by atoms with E-state index in [0.717, 1.165) is 0 Å². The first-order valence-electron chi connectivity index (χ1n) is 6.16. The molecule has 2 atom stereocenters. The van der Waals surface area contributed by atoms with E-state index in [4.69, 9.17) is 0 Å². The molecule has 0 saturated carbocycles. The molecular weight excluding hydrogens is 264 g/mol. The van der Waals surface area contributed by atoms with Gasteiger partial charge in [-0.1, -0.05) is 0 Å². The van der Waals surface area contributed by atoms with Gasteiger partial charge in [-0.25, -0.2) is 4.79 Å². The van der Waals surface area contributed by atoms with Crippen LogP contribution >= 0.6 is 0 Å². The number of carbonyl (C=O) groups is 1. The average molecular weight is 280 g/mol. The van der Waals surface area contributed by atoms with Gasteiger partial charge in [0, 0.05) is 38.0 Å². The first-order chi connectivity index (χ1) is 9.49. The van der Waals surface area contributed by atoms with Gasteiger partial charge < -0.3 is 20.6 Å². The van der Waals surface area contributed by atoms with E-state index in [0.29, 0.717) is 18.8 Å². The minimum absolute atomic E-state index is 0.0354. The summed E-state index contributed by atoms with van der Waals surface area (Å²) in [5.74, 6) is 0. The lowest BCUT2D eigenvalue weighted by Crippen LogP contribution is -2.46. The molecule has 0 radical (unpaired) electrons. The van der Waals surface area contributed by atoms with Gasteiger partial charge in [0.15, 0.2) is 0 Å². The van der Waals surface area contributed by atoms with E-state index in [1.54, 1.807) is 7.05 Å². The molecule has 2 amide bonds. The molecule has 1 aliphatic heterocycles. The highest BCUT2D eigenvalue weighted by Crippen LogP contribution is 2.16. The number of β-amino-alcohol motifs (C(OH)–C–C–N with tert-alkyl or cyclic N) is 1. The van der Waals surface area contributed by atoms with Gasteiger partial charge in [-0.2, -0.15) is 0 Å². The maximum Gasteiger partial charge on any atom is 0.321 e. The highest BCUT2D eigenvalue weighted by Gasteiger charge is 2.31. The number of nitrogens with zero attached hydrogens (tertiary/aromatic N) is 2. The van der Waals surface area contributed by atoms with Crippen molar-refractivity contribution in [3.05, 3.63) is 34.4 Å². The second-order valence-electron chi connectivity index (χ2n) is 4.64. The standard InChI is InChI=1S/C12H16N4O4/c1-15(10-6-13-7-11(10)17)12(18)14-8-2-4-9(5-3-8)16(19)20/h2-5,10-11,13,17H,6-7H2,1H3,(H,14,18)/t10-,11-/m1/s1. The van der Waals surface area contributed by atoms with Gasteiger partial charge in [-0.3, -0.25) is 10.1 Å². The average Bonchev–Trinajstić information content (AvgIpc) is 2.84. The van der Waals surface area contributed by atoms with Crippen LogP contribution in [0.3, 0.4) is 0 Å². The summed E-state index contributed by atoms with van der Waals surface area (Å²) in [6.07, 6.45) is -0.595. The third kappa shape index (κ3) is 3.03. The van der Waals surface area contributed by atoms with Crippen molar-refractivity contribution in [3.8, 4) is 0 Å². The zero-order valence-corrected chi connectivity index (χ0v) is 10.9. The van der Waals surface area contributed by atoms with E-state index in [2.05, 4.69) is 10.6 Å². The Hall–Kier alpha value is -2.19. The lowest BCUT2D eigenvalue weighted by atomic mass is 10.2. The fraction of sp³-hybridized carbons (Fsp3) is 0.417. The summed E-state index contributed by atoms with van der Waals surface area (Å²) >= 11 is 0. The molecule has 20 heavy (non-hydrogen) atoms. The van der Waals surface area contributed by atoms with Gasteiger partial charge in [0.1, 0.15) is 0 Å². The van der Waals surface area contributed by atoms with Crippen molar-refractivity contribution in [3.63, 3.8) is 0 Å². The van der Waals surface area contributed by atoms with Crippen LogP contribution in [0.1, 0.15) is 0 Å². The van der Waals surface area contributed by atoms with Crippen LogP contribution < -0.4 is 10.6 Å². The molecule has 2 rings (SSSR count). The number of benzene rings is 1. The van der Waals surface area contributed by atoms with Crippen molar-refractivity contribution in [2.24, 2.45) is 0 Å². The molecule has 0 unspecified atom stereocenters. The molecule has 1 saturated heterocycles. The van der Waals surface area contributed by atoms with Gasteiger partial charge in [-0.05, 0) is 12.1 Å². The van der Waals surface area contributed by atoms with Gasteiger partial charge in [-0.15, -0.1) is 0 Å². The zero-order valence-electron chi connectivity index (χ0n) is 10.9. The predicted molar refractivity (Wildman–Crippen MR) is 72.5 cm³/mol. The lowest BCUT2D eigenvalue weighted by molar-refractivity contribution is -0.384. The SMILES string of the molecule is CN(C(=O)Nc1ccc([N+](=O)[O-])cc1)[C@@H]1CNC[C@H]1O. The number of nitro groups is 1. The quantitative estimate of drug-likeness (QED) is 0.548. The third-order valence-corrected chi connectivity index (χ3v) is 3.30. The molecule has 8 nitrogen and oxygen atoms in total. The Morgan fingerprint density at radius 3 is 2.60 bits per heavy atom. The van der Waals surface area contributed by atoms with Crippen LogP contribution in [-0.2, 0) is 0 Å². The highest BCUT2D eigenvalue weighted by molar-refractivity contribution is 5.89. The number of nitrogens with one attached hydrogen (secondary N) is 2. The number of nitro benzene ring substituents is 1. The summed E-state index contributed by atoms with van der Waals surface area (Å²) in [7, 11) is 1.60. The number of aliphatic hydroxyl groups excluding tert-OH is 1. The minimum Gasteiger partial charge on any atom is -0.390 e. The van der Waals surface area contributed by atoms with Gasteiger partial charge in [0.2, 0.25) is 0 Å². The van der Waals surface area contributed by atoms with Crippen LogP contribution in [0, 0.1) is 10.1 Å². The Bertz CT molecular complexity index is 505. The fourth-order valence-corrected chi connectivity index (χ4v) is 2.07. The number of hydrogen-bond donors (Lipinski definition) is 3. The Kier molecular flexibility index (Phi) is 4.16. The lowest BCUT2D eigenvalue weighted by Gasteiger charge is -2.26. The summed E-state index contributed by atoms with van der Waals surface area (Å²) < 4.78 is 0. The number of non-ortho nitro benzene ring substituents is 1. The monoisotopic (exact) mass is 280 g/mol. The molecular formula is C12H16N4O4. The Morgan fingerprint density at radius 2 is 2.10 bits per heavy atom. The summed E-state index contributed by atoms with van der Waals surface area (Å²) in [6, 6.07) is 4.92. The number of likely N-dealkylation sites (N-methyl/N-ethyl adjacent to an activating group) is 1. The Labute approximate surface area is 115 Å². The second kappa shape index (κ2) is 5.85. The fourth-order valence-electron chi connectivity index (χ4n) is 2.07. The molecule has 1 aromatic carbocycles. The minimum atomic E-state index is -0.595. The number of urea groups is 1. The maximum absolute atomic E-state index is 12.0. The number of hydrogen-bond acceptors (Lipinski definition) is 5. The van der Waals surface area contributed by atoms with Gasteiger partial charge >= 0.3 is 6.03 Å². The molecule has 0 bridgehead atoms. The molecule has 0 aromatic heterocycles. The van der Waals surface area contributed by atoms with Crippen molar-refractivity contribution in [1.29, 1.82) is 0 Å². The summed E-state index contributed by atoms with van der Waals surface area (Å²) in [5.41, 5.74) is 0.430. The Balaban J connectivity index is 1.98. The van der Waals surface area contributed by atoms with Crippen LogP contribution in [0.25, 0.3) is 0 Å². The van der Waals surface area contributed by atoms with Crippen molar-refractivity contribution >= 4 is 17.4 Å². The number of amides is 2. The first kappa shape index (κ1) is 14.2. The van der Waals surface area contributed by atoms with Crippen LogP contribution in [0.5, 0.6) is 0 Å². The molecule has 1 aliphatic rings. The predicted octanol–water partition coefficient (Wildman–Crippen LogP) is 0.391. The number of rotatable bonds is 3. The molecule has 3 N–H and O–H groups in total. The van der Waals surface area contributed by atoms with Gasteiger partial charge in [0.05, 0.1) is 17.1 Å². The highest BCUT2D eigenvalue weighted by atomic mass is 16.6.